The normalized spacial score (nSPS) is 11.0. The van der Waals surface area contributed by atoms with Gasteiger partial charge in [-0.25, -0.2) is 9.78 Å². The quantitative estimate of drug-likeness (QED) is 0.518. The van der Waals surface area contributed by atoms with Gasteiger partial charge in [-0.3, -0.25) is 9.59 Å². The third-order valence-corrected chi connectivity index (χ3v) is 4.54. The summed E-state index contributed by atoms with van der Waals surface area (Å²) in [6.07, 6.45) is 0. The molecular weight excluding hydrogens is 372 g/mol. The van der Waals surface area contributed by atoms with Crippen LogP contribution < -0.4 is 11.3 Å². The van der Waals surface area contributed by atoms with Crippen LogP contribution in [0.4, 0.5) is 0 Å². The summed E-state index contributed by atoms with van der Waals surface area (Å²) in [5.74, 6) is -1.14. The maximum absolute atomic E-state index is 12.0. The third kappa shape index (κ3) is 3.55. The topological polar surface area (TPSA) is 120 Å². The second kappa shape index (κ2) is 7.00. The van der Waals surface area contributed by atoms with Crippen LogP contribution in [0.15, 0.2) is 55.8 Å². The summed E-state index contributed by atoms with van der Waals surface area (Å²) in [6.45, 7) is -0.641. The van der Waals surface area contributed by atoms with Gasteiger partial charge >= 0.3 is 11.7 Å². The van der Waals surface area contributed by atoms with Crippen LogP contribution >= 0.6 is 11.3 Å². The second-order valence-electron chi connectivity index (χ2n) is 5.51. The number of aromatic amines is 1. The summed E-state index contributed by atoms with van der Waals surface area (Å²) < 4.78 is 11.5. The first-order valence-corrected chi connectivity index (χ1v) is 8.73. The van der Waals surface area contributed by atoms with Crippen molar-refractivity contribution in [3.8, 4) is 11.5 Å². The summed E-state index contributed by atoms with van der Waals surface area (Å²) in [5, 5.41) is 5.74. The molecule has 0 aliphatic rings. The molecule has 0 bridgehead atoms. The highest BCUT2D eigenvalue weighted by Crippen LogP contribution is 2.15. The molecule has 27 heavy (non-hydrogen) atoms. The van der Waals surface area contributed by atoms with Gasteiger partial charge in [0.15, 0.2) is 0 Å². The largest absolute Gasteiger partial charge is 0.456 e. The Morgan fingerprint density at radius 2 is 2.04 bits per heavy atom. The van der Waals surface area contributed by atoms with Crippen molar-refractivity contribution in [1.82, 2.24) is 19.7 Å². The first kappa shape index (κ1) is 16.9. The number of thiophene rings is 1. The zero-order valence-corrected chi connectivity index (χ0v) is 14.6. The van der Waals surface area contributed by atoms with Gasteiger partial charge in [0.25, 0.3) is 5.56 Å². The number of nitrogens with one attached hydrogen (secondary N) is 1. The minimum Gasteiger partial charge on any atom is -0.456 e. The second-order valence-corrected chi connectivity index (χ2v) is 6.42. The van der Waals surface area contributed by atoms with Crippen LogP contribution in [0.5, 0.6) is 0 Å². The molecule has 3 aromatic heterocycles. The number of nitrogens with zero attached hydrogens (tertiary/aromatic N) is 3. The number of rotatable bonds is 5. The summed E-state index contributed by atoms with van der Waals surface area (Å²) in [6, 6.07) is 10.6. The maximum Gasteiger partial charge on any atom is 0.437 e. The van der Waals surface area contributed by atoms with Crippen molar-refractivity contribution in [2.45, 2.75) is 13.2 Å². The monoisotopic (exact) mass is 384 g/mol. The molecule has 0 fully saturated rings. The van der Waals surface area contributed by atoms with Gasteiger partial charge in [0, 0.05) is 5.56 Å². The average molecular weight is 384 g/mol. The Bertz CT molecular complexity index is 1220. The summed E-state index contributed by atoms with van der Waals surface area (Å²) in [4.78, 5) is 42.5. The molecule has 0 atom stereocenters. The molecule has 1 aromatic carbocycles. The molecule has 0 aliphatic heterocycles. The third-order valence-electron chi connectivity index (χ3n) is 3.64. The van der Waals surface area contributed by atoms with Gasteiger partial charge in [0.2, 0.25) is 5.89 Å². The number of carbonyl (C=O) groups excluding carboxylic acids is 1. The van der Waals surface area contributed by atoms with Gasteiger partial charge < -0.3 is 14.1 Å². The highest BCUT2D eigenvalue weighted by Gasteiger charge is 2.14. The number of hydrogen-bond acceptors (Lipinski definition) is 8. The lowest BCUT2D eigenvalue weighted by Gasteiger charge is -2.03. The Hall–Kier alpha value is -3.53. The minimum absolute atomic E-state index is 0.113. The summed E-state index contributed by atoms with van der Waals surface area (Å²) >= 11 is 1.28. The first-order valence-electron chi connectivity index (χ1n) is 7.85. The predicted octanol–water partition coefficient (Wildman–Crippen LogP) is 1.54. The molecule has 3 heterocycles. The Labute approximate surface area is 154 Å². The number of fused-ring (bicyclic) bond motifs is 1. The number of aromatic nitrogens is 4. The fraction of sp³-hybridized carbons (Fsp3) is 0.118. The first-order chi connectivity index (χ1) is 13.1. The average Bonchev–Trinajstić information content (AvgIpc) is 3.28. The van der Waals surface area contributed by atoms with E-state index in [-0.39, 0.29) is 23.9 Å². The number of esters is 1. The van der Waals surface area contributed by atoms with Gasteiger partial charge in [0.1, 0.15) is 23.7 Å². The van der Waals surface area contributed by atoms with Crippen LogP contribution in [0.2, 0.25) is 0 Å². The van der Waals surface area contributed by atoms with E-state index < -0.39 is 18.3 Å². The van der Waals surface area contributed by atoms with E-state index in [0.29, 0.717) is 15.8 Å². The number of hydrogen-bond donors (Lipinski definition) is 1. The summed E-state index contributed by atoms with van der Waals surface area (Å²) in [5.41, 5.74) is 0.865. The summed E-state index contributed by atoms with van der Waals surface area (Å²) in [7, 11) is 0. The van der Waals surface area contributed by atoms with E-state index in [1.165, 1.54) is 11.3 Å². The molecule has 4 aromatic rings. The number of carbonyl (C=O) groups is 1. The molecule has 0 unspecified atom stereocenters. The molecule has 1 N–H and O–H groups in total. The van der Waals surface area contributed by atoms with Crippen molar-refractivity contribution in [3.63, 3.8) is 0 Å². The Morgan fingerprint density at radius 3 is 2.85 bits per heavy atom. The van der Waals surface area contributed by atoms with E-state index >= 15 is 0 Å². The van der Waals surface area contributed by atoms with E-state index in [9.17, 15) is 14.4 Å². The minimum atomic E-state index is -0.767. The molecular formula is C17H12N4O5S. The van der Waals surface area contributed by atoms with Gasteiger partial charge in [-0.05, 0) is 23.6 Å². The van der Waals surface area contributed by atoms with Crippen molar-refractivity contribution in [2.24, 2.45) is 0 Å². The fourth-order valence-electron chi connectivity index (χ4n) is 2.41. The zero-order chi connectivity index (χ0) is 18.8. The number of benzene rings is 1. The lowest BCUT2D eigenvalue weighted by Crippen LogP contribution is -2.23. The van der Waals surface area contributed by atoms with Crippen LogP contribution in [0.3, 0.4) is 0 Å². The lowest BCUT2D eigenvalue weighted by atomic mass is 10.2. The number of ether oxygens (including phenoxy) is 1. The van der Waals surface area contributed by atoms with Gasteiger partial charge in [0.05, 0.1) is 5.52 Å². The van der Waals surface area contributed by atoms with Crippen molar-refractivity contribution >= 4 is 27.5 Å². The maximum atomic E-state index is 12.0. The molecule has 10 heteroatoms. The molecule has 136 valence electrons. The van der Waals surface area contributed by atoms with Crippen LogP contribution in [0.1, 0.15) is 5.82 Å². The van der Waals surface area contributed by atoms with Gasteiger partial charge in [-0.15, -0.1) is 16.4 Å². The molecule has 4 rings (SSSR count). The highest BCUT2D eigenvalue weighted by atomic mass is 32.1. The van der Waals surface area contributed by atoms with Crippen LogP contribution in [0, 0.1) is 0 Å². The Kier molecular flexibility index (Phi) is 4.38. The van der Waals surface area contributed by atoms with Crippen molar-refractivity contribution < 1.29 is 13.9 Å². The van der Waals surface area contributed by atoms with E-state index in [0.717, 1.165) is 4.68 Å². The molecule has 0 amide bonds. The van der Waals surface area contributed by atoms with Crippen LogP contribution in [-0.4, -0.2) is 25.7 Å². The van der Waals surface area contributed by atoms with E-state index in [1.54, 1.807) is 35.7 Å². The molecule has 0 spiro atoms. The van der Waals surface area contributed by atoms with Crippen molar-refractivity contribution in [2.75, 3.05) is 0 Å². The van der Waals surface area contributed by atoms with Gasteiger partial charge in [-0.2, -0.15) is 4.68 Å². The molecule has 0 saturated heterocycles. The smallest absolute Gasteiger partial charge is 0.437 e. The molecule has 0 saturated carbocycles. The molecule has 0 radical (unpaired) electrons. The number of H-pyrrole nitrogens is 1. The van der Waals surface area contributed by atoms with E-state index in [2.05, 4.69) is 15.1 Å². The Balaban J connectivity index is 1.44. The van der Waals surface area contributed by atoms with Crippen molar-refractivity contribution in [3.05, 3.63) is 68.5 Å². The van der Waals surface area contributed by atoms with Gasteiger partial charge in [-0.1, -0.05) is 18.2 Å². The standard InChI is InChI=1S/C17H12N4O5S/c22-13(25-9-12-18-11-6-7-27-14(11)15(23)19-12)8-21-17(24)26-16(20-21)10-4-2-1-3-5-10/h1-7H,8-9H2,(H,18,19,23). The predicted molar refractivity (Wildman–Crippen MR) is 96.2 cm³/mol. The van der Waals surface area contributed by atoms with E-state index in [4.69, 9.17) is 9.15 Å². The molecule has 0 aliphatic carbocycles. The van der Waals surface area contributed by atoms with Crippen LogP contribution in [-0.2, 0) is 22.7 Å². The van der Waals surface area contributed by atoms with E-state index in [1.807, 2.05) is 6.07 Å². The zero-order valence-electron chi connectivity index (χ0n) is 13.7. The van der Waals surface area contributed by atoms with Crippen molar-refractivity contribution in [1.29, 1.82) is 0 Å². The highest BCUT2D eigenvalue weighted by molar-refractivity contribution is 7.17. The fourth-order valence-corrected chi connectivity index (χ4v) is 3.14. The van der Waals surface area contributed by atoms with Crippen LogP contribution in [0.25, 0.3) is 21.7 Å². The lowest BCUT2D eigenvalue weighted by molar-refractivity contribution is -0.146. The SMILES string of the molecule is O=C(Cn1nc(-c2ccccc2)oc1=O)OCc1nc2ccsc2c(=O)[nH]1. The molecule has 9 nitrogen and oxygen atoms in total. The Morgan fingerprint density at radius 1 is 1.22 bits per heavy atom.